The Morgan fingerprint density at radius 3 is 2.56 bits per heavy atom. The Hall–Kier alpha value is -2.78. The molecule has 0 saturated carbocycles. The fourth-order valence-electron chi connectivity index (χ4n) is 3.48. The van der Waals surface area contributed by atoms with Gasteiger partial charge < -0.3 is 0 Å². The van der Waals surface area contributed by atoms with E-state index in [1.54, 1.807) is 22.8 Å². The largest absolute Gasteiger partial charge is 0.332 e. The molecule has 0 fully saturated rings. The van der Waals surface area contributed by atoms with Crippen LogP contribution in [0.4, 0.5) is 0 Å². The van der Waals surface area contributed by atoms with E-state index in [-0.39, 0.29) is 17.2 Å². The minimum Gasteiger partial charge on any atom is -0.277 e. The molecule has 0 unspecified atom stereocenters. The molecule has 9 heteroatoms. The summed E-state index contributed by atoms with van der Waals surface area (Å²) in [6, 6.07) is 10.3. The molecule has 4 rings (SSSR count). The summed E-state index contributed by atoms with van der Waals surface area (Å²) in [7, 11) is 1.51. The SMILES string of the molecule is Cc1nc(SCc2csc(Cc3ccccc3)n2)c2c(=O)n(C)c(=O)n(CC(C)C)c2n1. The lowest BCUT2D eigenvalue weighted by molar-refractivity contribution is 0.498. The number of thioether (sulfide) groups is 1. The number of aromatic nitrogens is 5. The van der Waals surface area contributed by atoms with Crippen LogP contribution in [0.15, 0.2) is 50.3 Å². The topological polar surface area (TPSA) is 82.7 Å². The minimum atomic E-state index is -0.365. The first kappa shape index (κ1) is 22.4. The zero-order chi connectivity index (χ0) is 22.8. The molecule has 166 valence electrons. The van der Waals surface area contributed by atoms with E-state index in [1.807, 2.05) is 37.4 Å². The van der Waals surface area contributed by atoms with Gasteiger partial charge in [0, 0.05) is 31.1 Å². The predicted octanol–water partition coefficient (Wildman–Crippen LogP) is 3.79. The third-order valence-corrected chi connectivity index (χ3v) is 6.87. The highest BCUT2D eigenvalue weighted by Gasteiger charge is 2.19. The Kier molecular flexibility index (Phi) is 6.57. The van der Waals surface area contributed by atoms with Crippen molar-refractivity contribution in [2.24, 2.45) is 13.0 Å². The lowest BCUT2D eigenvalue weighted by Gasteiger charge is -2.15. The summed E-state index contributed by atoms with van der Waals surface area (Å²) in [4.78, 5) is 39.5. The van der Waals surface area contributed by atoms with Gasteiger partial charge in [0.05, 0.1) is 10.7 Å². The minimum absolute atomic E-state index is 0.234. The molecule has 4 aromatic rings. The highest BCUT2D eigenvalue weighted by Crippen LogP contribution is 2.27. The van der Waals surface area contributed by atoms with Crippen molar-refractivity contribution in [1.82, 2.24) is 24.1 Å². The van der Waals surface area contributed by atoms with Crippen LogP contribution in [0.5, 0.6) is 0 Å². The number of hydrogen-bond acceptors (Lipinski definition) is 7. The van der Waals surface area contributed by atoms with Crippen molar-refractivity contribution in [2.75, 3.05) is 0 Å². The molecule has 3 aromatic heterocycles. The van der Waals surface area contributed by atoms with Gasteiger partial charge in [-0.2, -0.15) is 0 Å². The van der Waals surface area contributed by atoms with Gasteiger partial charge in [0.15, 0.2) is 5.65 Å². The van der Waals surface area contributed by atoms with Gasteiger partial charge in [-0.05, 0) is 18.4 Å². The number of aryl methyl sites for hydroxylation is 1. The molecule has 0 amide bonds. The summed E-state index contributed by atoms with van der Waals surface area (Å²) in [5, 5.41) is 4.08. The molecule has 3 heterocycles. The zero-order valence-corrected chi connectivity index (χ0v) is 20.2. The summed E-state index contributed by atoms with van der Waals surface area (Å²) >= 11 is 3.09. The van der Waals surface area contributed by atoms with Gasteiger partial charge in [-0.25, -0.2) is 19.7 Å². The van der Waals surface area contributed by atoms with Crippen molar-refractivity contribution in [2.45, 2.75) is 44.5 Å². The van der Waals surface area contributed by atoms with Gasteiger partial charge in [0.2, 0.25) is 0 Å². The van der Waals surface area contributed by atoms with Crippen LogP contribution < -0.4 is 11.2 Å². The smallest absolute Gasteiger partial charge is 0.277 e. The summed E-state index contributed by atoms with van der Waals surface area (Å²) < 4.78 is 2.73. The molecular weight excluding hydrogens is 442 g/mol. The Morgan fingerprint density at radius 2 is 1.84 bits per heavy atom. The summed E-state index contributed by atoms with van der Waals surface area (Å²) in [6.07, 6.45) is 0.799. The van der Waals surface area contributed by atoms with E-state index >= 15 is 0 Å². The van der Waals surface area contributed by atoms with Crippen LogP contribution in [0.25, 0.3) is 11.0 Å². The first-order valence-electron chi connectivity index (χ1n) is 10.4. The molecule has 7 nitrogen and oxygen atoms in total. The van der Waals surface area contributed by atoms with E-state index in [1.165, 1.54) is 24.4 Å². The molecule has 32 heavy (non-hydrogen) atoms. The van der Waals surface area contributed by atoms with Crippen molar-refractivity contribution in [3.8, 4) is 0 Å². The van der Waals surface area contributed by atoms with Crippen LogP contribution in [-0.4, -0.2) is 24.1 Å². The van der Waals surface area contributed by atoms with E-state index in [0.717, 1.165) is 21.7 Å². The highest BCUT2D eigenvalue weighted by molar-refractivity contribution is 7.98. The Bertz CT molecular complexity index is 1370. The second-order valence-corrected chi connectivity index (χ2v) is 10.0. The van der Waals surface area contributed by atoms with Gasteiger partial charge in [-0.3, -0.25) is 13.9 Å². The average molecular weight is 468 g/mol. The maximum absolute atomic E-state index is 13.0. The van der Waals surface area contributed by atoms with Crippen LogP contribution in [0.3, 0.4) is 0 Å². The van der Waals surface area contributed by atoms with Crippen molar-refractivity contribution in [3.05, 3.63) is 78.6 Å². The van der Waals surface area contributed by atoms with Crippen LogP contribution in [0.2, 0.25) is 0 Å². The van der Waals surface area contributed by atoms with Gasteiger partial charge in [-0.15, -0.1) is 11.3 Å². The summed E-state index contributed by atoms with van der Waals surface area (Å²) in [5.74, 6) is 1.36. The lowest BCUT2D eigenvalue weighted by atomic mass is 10.2. The molecule has 0 aliphatic heterocycles. The molecule has 0 N–H and O–H groups in total. The Morgan fingerprint density at radius 1 is 1.09 bits per heavy atom. The van der Waals surface area contributed by atoms with Crippen molar-refractivity contribution in [3.63, 3.8) is 0 Å². The third-order valence-electron chi connectivity index (χ3n) is 4.96. The predicted molar refractivity (Wildman–Crippen MR) is 130 cm³/mol. The molecule has 0 aliphatic carbocycles. The number of rotatable bonds is 7. The maximum Gasteiger partial charge on any atom is 0.332 e. The third kappa shape index (κ3) is 4.68. The first-order chi connectivity index (χ1) is 15.3. The van der Waals surface area contributed by atoms with Crippen molar-refractivity contribution >= 4 is 34.1 Å². The van der Waals surface area contributed by atoms with E-state index in [2.05, 4.69) is 22.1 Å². The van der Waals surface area contributed by atoms with Crippen LogP contribution >= 0.6 is 23.1 Å². The van der Waals surface area contributed by atoms with Crippen molar-refractivity contribution in [1.29, 1.82) is 0 Å². The number of benzene rings is 1. The quantitative estimate of drug-likeness (QED) is 0.304. The zero-order valence-electron chi connectivity index (χ0n) is 18.5. The van der Waals surface area contributed by atoms with Crippen LogP contribution in [-0.2, 0) is 25.8 Å². The number of fused-ring (bicyclic) bond motifs is 1. The highest BCUT2D eigenvalue weighted by atomic mass is 32.2. The molecule has 0 radical (unpaired) electrons. The second-order valence-electron chi connectivity index (χ2n) is 8.11. The lowest BCUT2D eigenvalue weighted by Crippen LogP contribution is -2.39. The molecule has 0 bridgehead atoms. The normalized spacial score (nSPS) is 11.5. The fourth-order valence-corrected chi connectivity index (χ4v) is 5.37. The molecule has 0 aliphatic rings. The molecule has 1 aromatic carbocycles. The number of hydrogen-bond donors (Lipinski definition) is 0. The number of thiazole rings is 1. The fraction of sp³-hybridized carbons (Fsp3) is 0.348. The average Bonchev–Trinajstić information content (AvgIpc) is 3.21. The van der Waals surface area contributed by atoms with E-state index < -0.39 is 0 Å². The van der Waals surface area contributed by atoms with Crippen LogP contribution in [0.1, 0.15) is 35.9 Å². The Balaban J connectivity index is 1.66. The molecule has 0 saturated heterocycles. The molecular formula is C23H25N5O2S2. The van der Waals surface area contributed by atoms with Crippen LogP contribution in [0, 0.1) is 12.8 Å². The monoisotopic (exact) mass is 467 g/mol. The first-order valence-corrected chi connectivity index (χ1v) is 12.3. The van der Waals surface area contributed by atoms with Gasteiger partial charge in [0.1, 0.15) is 16.2 Å². The molecule has 0 atom stereocenters. The standard InChI is InChI=1S/C23H25N5O2S2/c1-14(2)11-28-20-19(22(29)27(4)23(28)30)21(25-15(3)24-20)32-13-17-12-31-18(26-17)10-16-8-6-5-7-9-16/h5-9,12,14H,10-11,13H2,1-4H3. The van der Waals surface area contributed by atoms with E-state index in [4.69, 9.17) is 4.98 Å². The van der Waals surface area contributed by atoms with Crippen molar-refractivity contribution < 1.29 is 0 Å². The maximum atomic E-state index is 13.0. The van der Waals surface area contributed by atoms with E-state index in [9.17, 15) is 9.59 Å². The Labute approximate surface area is 194 Å². The second kappa shape index (κ2) is 9.38. The van der Waals surface area contributed by atoms with Gasteiger partial charge >= 0.3 is 5.69 Å². The summed E-state index contributed by atoms with van der Waals surface area (Å²) in [5.41, 5.74) is 1.86. The molecule has 0 spiro atoms. The summed E-state index contributed by atoms with van der Waals surface area (Å²) in [6.45, 7) is 6.33. The van der Waals surface area contributed by atoms with E-state index in [0.29, 0.717) is 34.2 Å². The van der Waals surface area contributed by atoms with Gasteiger partial charge in [-0.1, -0.05) is 55.9 Å². The number of nitrogens with zero attached hydrogens (tertiary/aromatic N) is 5. The van der Waals surface area contributed by atoms with Gasteiger partial charge in [0.25, 0.3) is 5.56 Å².